The molecule has 0 aliphatic heterocycles. The molecular weight excluding hydrogens is 242 g/mol. The van der Waals surface area contributed by atoms with Crippen molar-refractivity contribution >= 4 is 15.9 Å². The van der Waals surface area contributed by atoms with Gasteiger partial charge in [-0.15, -0.1) is 0 Å². The molecule has 0 fully saturated rings. The number of pyridine rings is 1. The van der Waals surface area contributed by atoms with Gasteiger partial charge in [-0.1, -0.05) is 0 Å². The van der Waals surface area contributed by atoms with Gasteiger partial charge in [-0.05, 0) is 22.0 Å². The zero-order valence-corrected chi connectivity index (χ0v) is 8.05. The van der Waals surface area contributed by atoms with Crippen LogP contribution in [-0.4, -0.2) is 4.98 Å². The highest BCUT2D eigenvalue weighted by Crippen LogP contribution is 2.23. The Balaban J connectivity index is 3.00. The Morgan fingerprint density at radius 1 is 1.62 bits per heavy atom. The van der Waals surface area contributed by atoms with Gasteiger partial charge in [-0.2, -0.15) is 5.26 Å². The Kier molecular flexibility index (Phi) is 3.32. The number of hydrogen-bond acceptors (Lipinski definition) is 2. The van der Waals surface area contributed by atoms with Crippen molar-refractivity contribution in [2.75, 3.05) is 0 Å². The van der Waals surface area contributed by atoms with E-state index in [0.717, 1.165) is 6.20 Å². The first-order valence-electron chi connectivity index (χ1n) is 3.44. The molecule has 13 heavy (non-hydrogen) atoms. The van der Waals surface area contributed by atoms with Gasteiger partial charge in [0.2, 0.25) is 0 Å². The lowest BCUT2D eigenvalue weighted by Gasteiger charge is -2.02. The molecule has 0 unspecified atom stereocenters. The van der Waals surface area contributed by atoms with Gasteiger partial charge in [-0.3, -0.25) is 4.98 Å². The van der Waals surface area contributed by atoms with E-state index in [4.69, 9.17) is 5.26 Å². The Morgan fingerprint density at radius 2 is 2.31 bits per heavy atom. The van der Waals surface area contributed by atoms with Crippen molar-refractivity contribution in [2.45, 2.75) is 12.8 Å². The summed E-state index contributed by atoms with van der Waals surface area (Å²) in [6, 6.07) is 3.18. The minimum absolute atomic E-state index is 0.115. The van der Waals surface area contributed by atoms with E-state index in [1.165, 1.54) is 6.07 Å². The normalized spacial score (nSPS) is 10.1. The maximum atomic E-state index is 12.1. The number of hydrogen-bond donors (Lipinski definition) is 0. The van der Waals surface area contributed by atoms with Gasteiger partial charge < -0.3 is 0 Å². The summed E-state index contributed by atoms with van der Waals surface area (Å²) in [6.45, 7) is 0. The molecule has 0 N–H and O–H groups in total. The van der Waals surface area contributed by atoms with E-state index in [0.29, 0.717) is 10.2 Å². The van der Waals surface area contributed by atoms with Gasteiger partial charge in [0.05, 0.1) is 18.2 Å². The van der Waals surface area contributed by atoms with Crippen molar-refractivity contribution in [3.05, 3.63) is 28.0 Å². The van der Waals surface area contributed by atoms with E-state index >= 15 is 0 Å². The highest BCUT2D eigenvalue weighted by Gasteiger charge is 2.10. The summed E-state index contributed by atoms with van der Waals surface area (Å²) in [6.07, 6.45) is -1.33. The van der Waals surface area contributed by atoms with Crippen LogP contribution in [0.2, 0.25) is 0 Å². The number of rotatable bonds is 2. The van der Waals surface area contributed by atoms with E-state index in [-0.39, 0.29) is 12.0 Å². The van der Waals surface area contributed by atoms with Crippen LogP contribution in [0.4, 0.5) is 8.78 Å². The second kappa shape index (κ2) is 4.28. The monoisotopic (exact) mass is 246 g/mol. The van der Waals surface area contributed by atoms with Crippen molar-refractivity contribution in [1.82, 2.24) is 4.98 Å². The molecule has 1 aromatic rings. The van der Waals surface area contributed by atoms with Gasteiger partial charge in [0.25, 0.3) is 6.43 Å². The summed E-state index contributed by atoms with van der Waals surface area (Å²) >= 11 is 3.07. The third-order valence-electron chi connectivity index (χ3n) is 1.44. The molecule has 1 rings (SSSR count). The summed E-state index contributed by atoms with van der Waals surface area (Å²) < 4.78 is 24.7. The minimum atomic E-state index is -2.53. The predicted octanol–water partition coefficient (Wildman–Crippen LogP) is 2.85. The molecule has 0 aliphatic carbocycles. The number of alkyl halides is 2. The smallest absolute Gasteiger partial charge is 0.259 e. The first kappa shape index (κ1) is 10.1. The lowest BCUT2D eigenvalue weighted by atomic mass is 10.2. The van der Waals surface area contributed by atoms with Crippen molar-refractivity contribution in [3.8, 4) is 6.07 Å². The van der Waals surface area contributed by atoms with Crippen LogP contribution >= 0.6 is 15.9 Å². The molecule has 0 radical (unpaired) electrons. The van der Waals surface area contributed by atoms with Gasteiger partial charge in [0, 0.05) is 16.2 Å². The molecule has 2 nitrogen and oxygen atoms in total. The van der Waals surface area contributed by atoms with Gasteiger partial charge in [-0.25, -0.2) is 8.78 Å². The van der Waals surface area contributed by atoms with Crippen molar-refractivity contribution in [1.29, 1.82) is 5.26 Å². The average molecular weight is 247 g/mol. The maximum Gasteiger partial charge on any atom is 0.265 e. The van der Waals surface area contributed by atoms with Gasteiger partial charge >= 0.3 is 0 Å². The summed E-state index contributed by atoms with van der Waals surface area (Å²) in [4.78, 5) is 3.74. The van der Waals surface area contributed by atoms with E-state index in [2.05, 4.69) is 20.9 Å². The second-order valence-electron chi connectivity index (χ2n) is 2.33. The zero-order chi connectivity index (χ0) is 9.84. The molecule has 0 bridgehead atoms. The summed E-state index contributed by atoms with van der Waals surface area (Å²) in [5.41, 5.74) is 0.334. The second-order valence-corrected chi connectivity index (χ2v) is 3.19. The van der Waals surface area contributed by atoms with E-state index in [1.54, 1.807) is 0 Å². The maximum absolute atomic E-state index is 12.1. The summed E-state index contributed by atoms with van der Waals surface area (Å²) in [5.74, 6) is 0. The largest absolute Gasteiger partial charge is 0.265 e. The fourth-order valence-electron chi connectivity index (χ4n) is 0.805. The van der Waals surface area contributed by atoms with E-state index in [1.807, 2.05) is 6.07 Å². The Bertz CT molecular complexity index is 346. The van der Waals surface area contributed by atoms with Crippen LogP contribution in [0.1, 0.15) is 17.7 Å². The lowest BCUT2D eigenvalue weighted by molar-refractivity contribution is 0.151. The minimum Gasteiger partial charge on any atom is -0.259 e. The molecule has 1 aromatic heterocycles. The summed E-state index contributed by atoms with van der Waals surface area (Å²) in [5, 5.41) is 8.36. The molecule has 0 saturated carbocycles. The average Bonchev–Trinajstić information content (AvgIpc) is 2.08. The van der Waals surface area contributed by atoms with Crippen LogP contribution in [0.5, 0.6) is 0 Å². The molecular formula is C8H5BrF2N2. The third-order valence-corrected chi connectivity index (χ3v) is 2.12. The molecule has 0 spiro atoms. The zero-order valence-electron chi connectivity index (χ0n) is 6.47. The number of nitriles is 1. The third kappa shape index (κ3) is 2.46. The Hall–Kier alpha value is -1.02. The van der Waals surface area contributed by atoms with Crippen LogP contribution in [0.25, 0.3) is 0 Å². The standard InChI is InChI=1S/C8H5BrF2N2/c9-6-3-5(8(10)11)4-13-7(6)1-2-12/h3-4,8H,1H2. The fourth-order valence-corrected chi connectivity index (χ4v) is 1.31. The van der Waals surface area contributed by atoms with Crippen molar-refractivity contribution < 1.29 is 8.78 Å². The van der Waals surface area contributed by atoms with E-state index in [9.17, 15) is 8.78 Å². The van der Waals surface area contributed by atoms with Crippen LogP contribution in [0, 0.1) is 11.3 Å². The SMILES string of the molecule is N#CCc1ncc(C(F)F)cc1Br. The van der Waals surface area contributed by atoms with Crippen LogP contribution in [0.15, 0.2) is 16.7 Å². The van der Waals surface area contributed by atoms with Crippen LogP contribution in [-0.2, 0) is 6.42 Å². The molecule has 0 atom stereocenters. The molecule has 0 amide bonds. The highest BCUT2D eigenvalue weighted by molar-refractivity contribution is 9.10. The van der Waals surface area contributed by atoms with Crippen LogP contribution < -0.4 is 0 Å². The number of halogens is 3. The molecule has 1 heterocycles. The molecule has 0 saturated heterocycles. The first-order chi connectivity index (χ1) is 6.15. The number of aromatic nitrogens is 1. The molecule has 0 aliphatic rings. The van der Waals surface area contributed by atoms with Crippen molar-refractivity contribution in [2.24, 2.45) is 0 Å². The highest BCUT2D eigenvalue weighted by atomic mass is 79.9. The molecule has 0 aromatic carbocycles. The van der Waals surface area contributed by atoms with Crippen LogP contribution in [0.3, 0.4) is 0 Å². The molecule has 68 valence electrons. The summed E-state index contributed by atoms with van der Waals surface area (Å²) in [7, 11) is 0. The number of nitrogens with zero attached hydrogens (tertiary/aromatic N) is 2. The lowest BCUT2D eigenvalue weighted by Crippen LogP contribution is -1.93. The fraction of sp³-hybridized carbons (Fsp3) is 0.250. The Morgan fingerprint density at radius 3 is 2.77 bits per heavy atom. The Labute approximate surface area is 82.3 Å². The van der Waals surface area contributed by atoms with E-state index < -0.39 is 6.43 Å². The topological polar surface area (TPSA) is 36.7 Å². The van der Waals surface area contributed by atoms with Gasteiger partial charge in [0.15, 0.2) is 0 Å². The van der Waals surface area contributed by atoms with Crippen molar-refractivity contribution in [3.63, 3.8) is 0 Å². The predicted molar refractivity (Wildman–Crippen MR) is 46.2 cm³/mol. The first-order valence-corrected chi connectivity index (χ1v) is 4.24. The quantitative estimate of drug-likeness (QED) is 0.805. The van der Waals surface area contributed by atoms with Gasteiger partial charge in [0.1, 0.15) is 0 Å². The molecule has 5 heteroatoms.